The number of fused-ring (bicyclic) bond motifs is 1. The lowest BCUT2D eigenvalue weighted by atomic mass is 10.0. The van der Waals surface area contributed by atoms with Crippen LogP contribution in [0.3, 0.4) is 0 Å². The molecule has 4 heteroatoms. The van der Waals surface area contributed by atoms with E-state index in [1.807, 2.05) is 0 Å². The van der Waals surface area contributed by atoms with E-state index in [1.165, 1.54) is 42.6 Å². The molecule has 92 valence electrons. The Morgan fingerprint density at radius 3 is 2.88 bits per heavy atom. The van der Waals surface area contributed by atoms with Gasteiger partial charge in [-0.1, -0.05) is 32.0 Å². The van der Waals surface area contributed by atoms with Gasteiger partial charge in [0.2, 0.25) is 0 Å². The van der Waals surface area contributed by atoms with Crippen LogP contribution in [-0.4, -0.2) is 21.3 Å². The lowest BCUT2D eigenvalue weighted by molar-refractivity contribution is 0.459. The maximum Gasteiger partial charge on any atom is 0.125 e. The summed E-state index contributed by atoms with van der Waals surface area (Å²) in [6, 6.07) is 0.585. The summed E-state index contributed by atoms with van der Waals surface area (Å²) < 4.78 is 2.23. The van der Waals surface area contributed by atoms with Gasteiger partial charge in [-0.05, 0) is 25.7 Å². The minimum Gasteiger partial charge on any atom is -0.374 e. The lowest BCUT2D eigenvalue weighted by Gasteiger charge is -2.20. The van der Waals surface area contributed by atoms with Gasteiger partial charge in [0.15, 0.2) is 0 Å². The second kappa shape index (κ2) is 4.41. The normalized spacial score (nSPS) is 20.4. The van der Waals surface area contributed by atoms with Crippen LogP contribution in [0.2, 0.25) is 0 Å². The van der Waals surface area contributed by atoms with Gasteiger partial charge in [-0.25, -0.2) is 0 Å². The molecule has 0 spiro atoms. The van der Waals surface area contributed by atoms with Crippen molar-refractivity contribution in [3.63, 3.8) is 0 Å². The molecule has 3 rings (SSSR count). The summed E-state index contributed by atoms with van der Waals surface area (Å²) in [7, 11) is 0. The van der Waals surface area contributed by atoms with Gasteiger partial charge in [-0.2, -0.15) is 5.10 Å². The van der Waals surface area contributed by atoms with Crippen LogP contribution in [-0.2, 0) is 12.8 Å². The fourth-order valence-corrected chi connectivity index (χ4v) is 3.42. The topological polar surface area (TPSA) is 29.9 Å². The van der Waals surface area contributed by atoms with Crippen LogP contribution < -0.4 is 5.32 Å². The second-order valence-electron chi connectivity index (χ2n) is 5.02. The third kappa shape index (κ3) is 1.79. The van der Waals surface area contributed by atoms with Crippen molar-refractivity contribution in [1.29, 1.82) is 0 Å². The van der Waals surface area contributed by atoms with E-state index in [2.05, 4.69) is 16.9 Å². The Morgan fingerprint density at radius 1 is 1.41 bits per heavy atom. The molecule has 0 amide bonds. The van der Waals surface area contributed by atoms with E-state index in [4.69, 9.17) is 17.3 Å². The number of nitrogens with zero attached hydrogens (tertiary/aromatic N) is 2. The maximum absolute atomic E-state index is 5.47. The number of aromatic nitrogens is 2. The average Bonchev–Trinajstić information content (AvgIpc) is 2.95. The van der Waals surface area contributed by atoms with E-state index in [1.54, 1.807) is 0 Å². The monoisotopic (exact) mass is 249 g/mol. The summed E-state index contributed by atoms with van der Waals surface area (Å²) in [5.74, 6) is 0. The number of hydrogen-bond donors (Lipinski definition) is 1. The van der Waals surface area contributed by atoms with E-state index in [0.29, 0.717) is 6.04 Å². The Balaban J connectivity index is 2.08. The van der Waals surface area contributed by atoms with Gasteiger partial charge in [-0.3, -0.25) is 4.68 Å². The fourth-order valence-electron chi connectivity index (χ4n) is 3.10. The highest BCUT2D eigenvalue weighted by Gasteiger charge is 2.28. The molecule has 0 unspecified atom stereocenters. The van der Waals surface area contributed by atoms with Crippen molar-refractivity contribution in [2.45, 2.75) is 51.5 Å². The van der Waals surface area contributed by atoms with Crippen molar-refractivity contribution in [3.05, 3.63) is 17.0 Å². The molecular formula is C13H19N3S. The van der Waals surface area contributed by atoms with Crippen LogP contribution >= 0.6 is 12.2 Å². The standard InChI is InChI=1S/C13H19N3S/c1-2-11-10-7-8-14-13(17)12(10)16(15-11)9-5-3-4-6-9/h9H,2-8H2,1H3,(H,14,17). The molecule has 1 fully saturated rings. The first-order chi connectivity index (χ1) is 8.31. The van der Waals surface area contributed by atoms with Crippen molar-refractivity contribution in [3.8, 4) is 0 Å². The summed E-state index contributed by atoms with van der Waals surface area (Å²) >= 11 is 5.47. The highest BCUT2D eigenvalue weighted by Crippen LogP contribution is 2.32. The zero-order chi connectivity index (χ0) is 11.8. The van der Waals surface area contributed by atoms with Gasteiger partial charge in [0.25, 0.3) is 0 Å². The van der Waals surface area contributed by atoms with Gasteiger partial charge in [0.1, 0.15) is 4.99 Å². The van der Waals surface area contributed by atoms with Crippen molar-refractivity contribution in [2.75, 3.05) is 6.54 Å². The SMILES string of the molecule is CCc1nn(C2CCCC2)c2c1CCNC2=S. The number of thiocarbonyl (C=S) groups is 1. The quantitative estimate of drug-likeness (QED) is 0.816. The summed E-state index contributed by atoms with van der Waals surface area (Å²) in [5.41, 5.74) is 3.88. The largest absolute Gasteiger partial charge is 0.374 e. The molecule has 0 atom stereocenters. The minimum atomic E-state index is 0.585. The molecule has 2 heterocycles. The first-order valence-corrected chi connectivity index (χ1v) is 7.10. The first kappa shape index (κ1) is 11.2. The first-order valence-electron chi connectivity index (χ1n) is 6.69. The highest BCUT2D eigenvalue weighted by molar-refractivity contribution is 7.80. The molecule has 0 aromatic carbocycles. The van der Waals surface area contributed by atoms with Crippen molar-refractivity contribution < 1.29 is 0 Å². The number of aryl methyl sites for hydroxylation is 1. The van der Waals surface area contributed by atoms with E-state index in [9.17, 15) is 0 Å². The van der Waals surface area contributed by atoms with Crippen LogP contribution in [0, 0.1) is 0 Å². The average molecular weight is 249 g/mol. The van der Waals surface area contributed by atoms with E-state index in [0.717, 1.165) is 24.4 Å². The summed E-state index contributed by atoms with van der Waals surface area (Å²) in [4.78, 5) is 0.908. The van der Waals surface area contributed by atoms with Crippen LogP contribution in [0.15, 0.2) is 0 Å². The molecule has 0 bridgehead atoms. The third-order valence-corrected chi connectivity index (χ3v) is 4.31. The molecule has 0 radical (unpaired) electrons. The molecule has 1 aliphatic heterocycles. The molecule has 17 heavy (non-hydrogen) atoms. The van der Waals surface area contributed by atoms with Gasteiger partial charge in [0, 0.05) is 12.1 Å². The number of nitrogens with one attached hydrogen (secondary N) is 1. The van der Waals surface area contributed by atoms with E-state index >= 15 is 0 Å². The predicted molar refractivity (Wildman–Crippen MR) is 72.5 cm³/mol. The van der Waals surface area contributed by atoms with Crippen molar-refractivity contribution >= 4 is 17.2 Å². The Labute approximate surface area is 108 Å². The minimum absolute atomic E-state index is 0.585. The molecule has 1 N–H and O–H groups in total. The molecule has 0 saturated heterocycles. The molecule has 1 aromatic heterocycles. The van der Waals surface area contributed by atoms with Crippen LogP contribution in [0.4, 0.5) is 0 Å². The lowest BCUT2D eigenvalue weighted by Crippen LogP contribution is -2.33. The smallest absolute Gasteiger partial charge is 0.125 e. The van der Waals surface area contributed by atoms with Gasteiger partial charge in [0.05, 0.1) is 17.4 Å². The zero-order valence-electron chi connectivity index (χ0n) is 10.3. The van der Waals surface area contributed by atoms with Gasteiger partial charge in [-0.15, -0.1) is 0 Å². The summed E-state index contributed by atoms with van der Waals surface area (Å²) in [5, 5.41) is 8.14. The van der Waals surface area contributed by atoms with E-state index in [-0.39, 0.29) is 0 Å². The molecule has 3 nitrogen and oxygen atoms in total. The Bertz CT molecular complexity index is 444. The molecule has 1 aromatic rings. The Kier molecular flexibility index (Phi) is 2.90. The Morgan fingerprint density at radius 2 is 2.18 bits per heavy atom. The Hall–Kier alpha value is -0.900. The summed E-state index contributed by atoms with van der Waals surface area (Å²) in [6.45, 7) is 3.15. The van der Waals surface area contributed by atoms with Crippen LogP contribution in [0.5, 0.6) is 0 Å². The van der Waals surface area contributed by atoms with Crippen LogP contribution in [0.1, 0.15) is 55.6 Å². The summed E-state index contributed by atoms with van der Waals surface area (Å²) in [6.07, 6.45) is 7.29. The van der Waals surface area contributed by atoms with Crippen LogP contribution in [0.25, 0.3) is 0 Å². The molecular weight excluding hydrogens is 230 g/mol. The molecule has 1 aliphatic carbocycles. The third-order valence-electron chi connectivity index (χ3n) is 3.97. The molecule has 1 saturated carbocycles. The predicted octanol–water partition coefficient (Wildman–Crippen LogP) is 2.38. The maximum atomic E-state index is 5.47. The zero-order valence-corrected chi connectivity index (χ0v) is 11.1. The number of hydrogen-bond acceptors (Lipinski definition) is 2. The molecule has 2 aliphatic rings. The van der Waals surface area contributed by atoms with E-state index < -0.39 is 0 Å². The van der Waals surface area contributed by atoms with Crippen molar-refractivity contribution in [1.82, 2.24) is 15.1 Å². The number of rotatable bonds is 2. The van der Waals surface area contributed by atoms with Gasteiger partial charge < -0.3 is 5.32 Å². The van der Waals surface area contributed by atoms with Gasteiger partial charge >= 0.3 is 0 Å². The second-order valence-corrected chi connectivity index (χ2v) is 5.42. The highest BCUT2D eigenvalue weighted by atomic mass is 32.1. The fraction of sp³-hybridized carbons (Fsp3) is 0.692. The van der Waals surface area contributed by atoms with Crippen molar-refractivity contribution in [2.24, 2.45) is 0 Å².